The van der Waals surface area contributed by atoms with Crippen LogP contribution in [0, 0.1) is 0 Å². The fourth-order valence-electron chi connectivity index (χ4n) is 1.54. The average molecular weight is 228 g/mol. The molecule has 0 nitrogen and oxygen atoms in total. The van der Waals surface area contributed by atoms with Gasteiger partial charge in [-0.05, 0) is 30.9 Å². The lowest BCUT2D eigenvalue weighted by Crippen LogP contribution is -2.08. The first-order chi connectivity index (χ1) is 7.55. The van der Waals surface area contributed by atoms with Gasteiger partial charge >= 0.3 is 6.18 Å². The van der Waals surface area contributed by atoms with Gasteiger partial charge in [0.25, 0.3) is 0 Å². The van der Waals surface area contributed by atoms with Crippen LogP contribution < -0.4 is 0 Å². The zero-order chi connectivity index (χ0) is 12.0. The molecule has 1 aromatic carbocycles. The van der Waals surface area contributed by atoms with Crippen LogP contribution >= 0.6 is 0 Å². The molecule has 0 fully saturated rings. The number of alkyl halides is 3. The van der Waals surface area contributed by atoms with Gasteiger partial charge in [-0.3, -0.25) is 0 Å². The quantitative estimate of drug-likeness (QED) is 0.660. The Bertz CT molecular complexity index is 350. The molecule has 0 spiro atoms. The molecule has 0 bridgehead atoms. The Hall–Kier alpha value is -1.25. The van der Waals surface area contributed by atoms with Gasteiger partial charge in [0.1, 0.15) is 0 Å². The maximum atomic E-state index is 12.6. The van der Waals surface area contributed by atoms with Crippen molar-refractivity contribution in [1.82, 2.24) is 0 Å². The molecule has 0 atom stereocenters. The van der Waals surface area contributed by atoms with Crippen molar-refractivity contribution in [2.24, 2.45) is 0 Å². The Morgan fingerprint density at radius 2 is 1.81 bits per heavy atom. The summed E-state index contributed by atoms with van der Waals surface area (Å²) in [7, 11) is 0. The standard InChI is InChI=1S/C13H15F3/c1-2-3-4-5-8-11-9-6-7-10-12(11)13(14,15)16/h3-4,6-7,9-10H,2,5,8H2,1H3/b4-3+. The Morgan fingerprint density at radius 1 is 1.12 bits per heavy atom. The van der Waals surface area contributed by atoms with Crippen LogP contribution in [-0.2, 0) is 12.6 Å². The fourth-order valence-corrected chi connectivity index (χ4v) is 1.54. The molecule has 88 valence electrons. The van der Waals surface area contributed by atoms with Gasteiger partial charge in [0.05, 0.1) is 5.56 Å². The molecular formula is C13H15F3. The van der Waals surface area contributed by atoms with E-state index < -0.39 is 11.7 Å². The van der Waals surface area contributed by atoms with Crippen LogP contribution in [0.4, 0.5) is 13.2 Å². The molecule has 0 saturated heterocycles. The Balaban J connectivity index is 2.76. The van der Waals surface area contributed by atoms with Crippen molar-refractivity contribution in [3.8, 4) is 0 Å². The molecule has 0 amide bonds. The summed E-state index contributed by atoms with van der Waals surface area (Å²) in [6.07, 6.45) is 1.66. The monoisotopic (exact) mass is 228 g/mol. The van der Waals surface area contributed by atoms with Gasteiger partial charge in [-0.15, -0.1) is 0 Å². The molecule has 0 aliphatic carbocycles. The zero-order valence-electron chi connectivity index (χ0n) is 9.22. The third kappa shape index (κ3) is 3.72. The van der Waals surface area contributed by atoms with Crippen molar-refractivity contribution >= 4 is 0 Å². The smallest absolute Gasteiger partial charge is 0.166 e. The van der Waals surface area contributed by atoms with Crippen LogP contribution in [0.25, 0.3) is 0 Å². The fraction of sp³-hybridized carbons (Fsp3) is 0.385. The van der Waals surface area contributed by atoms with Crippen LogP contribution in [0.15, 0.2) is 36.4 Å². The summed E-state index contributed by atoms with van der Waals surface area (Å²) in [5.74, 6) is 0. The predicted molar refractivity (Wildman–Crippen MR) is 59.2 cm³/mol. The lowest BCUT2D eigenvalue weighted by molar-refractivity contribution is -0.138. The topological polar surface area (TPSA) is 0 Å². The zero-order valence-corrected chi connectivity index (χ0v) is 9.22. The molecule has 0 aliphatic heterocycles. The van der Waals surface area contributed by atoms with Gasteiger partial charge in [0.15, 0.2) is 0 Å². The van der Waals surface area contributed by atoms with E-state index in [1.54, 1.807) is 12.1 Å². The highest BCUT2D eigenvalue weighted by Crippen LogP contribution is 2.32. The number of rotatable bonds is 4. The number of halogens is 3. The van der Waals surface area contributed by atoms with Gasteiger partial charge in [-0.2, -0.15) is 13.2 Å². The molecule has 16 heavy (non-hydrogen) atoms. The summed E-state index contributed by atoms with van der Waals surface area (Å²) in [4.78, 5) is 0. The summed E-state index contributed by atoms with van der Waals surface area (Å²) < 4.78 is 37.8. The molecular weight excluding hydrogens is 213 g/mol. The highest BCUT2D eigenvalue weighted by atomic mass is 19.4. The number of benzene rings is 1. The molecule has 0 aromatic heterocycles. The van der Waals surface area contributed by atoms with Gasteiger partial charge < -0.3 is 0 Å². The summed E-state index contributed by atoms with van der Waals surface area (Å²) in [5.41, 5.74) is -0.143. The minimum atomic E-state index is -4.24. The number of aryl methyl sites for hydroxylation is 1. The number of allylic oxidation sites excluding steroid dienone is 2. The lowest BCUT2D eigenvalue weighted by Gasteiger charge is -2.11. The van der Waals surface area contributed by atoms with Crippen molar-refractivity contribution in [2.75, 3.05) is 0 Å². The molecule has 0 N–H and O–H groups in total. The van der Waals surface area contributed by atoms with E-state index in [9.17, 15) is 13.2 Å². The molecule has 0 radical (unpaired) electrons. The Kier molecular flexibility index (Phi) is 4.59. The summed E-state index contributed by atoms with van der Waals surface area (Å²) in [5, 5.41) is 0. The van der Waals surface area contributed by atoms with E-state index in [1.807, 2.05) is 19.1 Å². The second kappa shape index (κ2) is 5.73. The second-order valence-electron chi connectivity index (χ2n) is 3.57. The summed E-state index contributed by atoms with van der Waals surface area (Å²) in [6.45, 7) is 2.00. The highest BCUT2D eigenvalue weighted by molar-refractivity contribution is 5.29. The van der Waals surface area contributed by atoms with E-state index >= 15 is 0 Å². The normalized spacial score (nSPS) is 12.2. The number of hydrogen-bond donors (Lipinski definition) is 0. The third-order valence-electron chi connectivity index (χ3n) is 2.31. The lowest BCUT2D eigenvalue weighted by atomic mass is 10.0. The van der Waals surface area contributed by atoms with Crippen LogP contribution in [0.2, 0.25) is 0 Å². The van der Waals surface area contributed by atoms with Gasteiger partial charge in [-0.25, -0.2) is 0 Å². The largest absolute Gasteiger partial charge is 0.416 e. The Labute approximate surface area is 93.8 Å². The highest BCUT2D eigenvalue weighted by Gasteiger charge is 2.32. The van der Waals surface area contributed by atoms with Crippen molar-refractivity contribution in [2.45, 2.75) is 32.4 Å². The average Bonchev–Trinajstić information content (AvgIpc) is 2.24. The van der Waals surface area contributed by atoms with Crippen LogP contribution in [0.5, 0.6) is 0 Å². The van der Waals surface area contributed by atoms with E-state index in [-0.39, 0.29) is 0 Å². The first kappa shape index (κ1) is 12.8. The molecule has 0 saturated carbocycles. The van der Waals surface area contributed by atoms with Gasteiger partial charge in [-0.1, -0.05) is 37.3 Å². The molecule has 1 rings (SSSR count). The van der Waals surface area contributed by atoms with E-state index in [2.05, 4.69) is 0 Å². The van der Waals surface area contributed by atoms with Gasteiger partial charge in [0, 0.05) is 0 Å². The number of hydrogen-bond acceptors (Lipinski definition) is 0. The first-order valence-corrected chi connectivity index (χ1v) is 5.35. The van der Waals surface area contributed by atoms with Gasteiger partial charge in [0.2, 0.25) is 0 Å². The SMILES string of the molecule is CC/C=C/CCc1ccccc1C(F)(F)F. The Morgan fingerprint density at radius 3 is 2.44 bits per heavy atom. The van der Waals surface area contributed by atoms with Crippen LogP contribution in [0.3, 0.4) is 0 Å². The van der Waals surface area contributed by atoms with Crippen molar-refractivity contribution < 1.29 is 13.2 Å². The maximum absolute atomic E-state index is 12.6. The van der Waals surface area contributed by atoms with E-state index in [0.717, 1.165) is 12.5 Å². The molecule has 3 heteroatoms. The minimum Gasteiger partial charge on any atom is -0.166 e. The third-order valence-corrected chi connectivity index (χ3v) is 2.31. The summed E-state index contributed by atoms with van der Waals surface area (Å²) >= 11 is 0. The van der Waals surface area contributed by atoms with Crippen molar-refractivity contribution in [1.29, 1.82) is 0 Å². The molecule has 0 unspecified atom stereocenters. The minimum absolute atomic E-state index is 0.371. The maximum Gasteiger partial charge on any atom is 0.416 e. The molecule has 0 heterocycles. The second-order valence-corrected chi connectivity index (χ2v) is 3.57. The van der Waals surface area contributed by atoms with Crippen LogP contribution in [-0.4, -0.2) is 0 Å². The van der Waals surface area contributed by atoms with Crippen molar-refractivity contribution in [3.05, 3.63) is 47.5 Å². The van der Waals surface area contributed by atoms with Crippen molar-refractivity contribution in [3.63, 3.8) is 0 Å². The first-order valence-electron chi connectivity index (χ1n) is 5.35. The predicted octanol–water partition coefficient (Wildman–Crippen LogP) is 4.60. The van der Waals surface area contributed by atoms with Crippen LogP contribution in [0.1, 0.15) is 30.9 Å². The molecule has 1 aromatic rings. The van der Waals surface area contributed by atoms with E-state index in [0.29, 0.717) is 18.4 Å². The van der Waals surface area contributed by atoms with E-state index in [1.165, 1.54) is 6.07 Å². The van der Waals surface area contributed by atoms with E-state index in [4.69, 9.17) is 0 Å². The molecule has 0 aliphatic rings. The summed E-state index contributed by atoms with van der Waals surface area (Å²) in [6, 6.07) is 5.75.